The molecule has 0 spiro atoms. The monoisotopic (exact) mass is 464 g/mol. The third-order valence-electron chi connectivity index (χ3n) is 6.02. The van der Waals surface area contributed by atoms with Gasteiger partial charge in [-0.1, -0.05) is 74.4 Å². The highest BCUT2D eigenvalue weighted by Gasteiger charge is 2.28. The number of carbonyl (C=O) groups is 3. The molecule has 0 radical (unpaired) electrons. The van der Waals surface area contributed by atoms with Crippen LogP contribution < -0.4 is 10.6 Å². The predicted octanol–water partition coefficient (Wildman–Crippen LogP) is 4.62. The van der Waals surface area contributed by atoms with Crippen LogP contribution in [0.25, 0.3) is 11.1 Å². The Balaban J connectivity index is 1.49. The van der Waals surface area contributed by atoms with E-state index in [-0.39, 0.29) is 31.4 Å². The molecule has 34 heavy (non-hydrogen) atoms. The molecule has 3 N–H and O–H groups in total. The van der Waals surface area contributed by atoms with Crippen molar-refractivity contribution >= 4 is 18.0 Å². The van der Waals surface area contributed by atoms with Crippen molar-refractivity contribution < 1.29 is 24.2 Å². The molecule has 0 saturated carbocycles. The summed E-state index contributed by atoms with van der Waals surface area (Å²) in [6, 6.07) is 15.8. The van der Waals surface area contributed by atoms with Gasteiger partial charge in [-0.25, -0.2) is 4.79 Å². The Morgan fingerprint density at radius 3 is 2.26 bits per heavy atom. The first kappa shape index (κ1) is 25.0. The molecule has 1 aliphatic carbocycles. The van der Waals surface area contributed by atoms with Gasteiger partial charge in [-0.05, 0) is 35.6 Å². The lowest BCUT2D eigenvalue weighted by Crippen LogP contribution is -2.37. The zero-order chi connectivity index (χ0) is 24.5. The maximum Gasteiger partial charge on any atom is 0.407 e. The zero-order valence-corrected chi connectivity index (χ0v) is 19.7. The number of alkyl carbamates (subject to hydrolysis) is 1. The molecule has 1 unspecified atom stereocenters. The van der Waals surface area contributed by atoms with Gasteiger partial charge in [0, 0.05) is 24.1 Å². The minimum absolute atomic E-state index is 0.0181. The number of ether oxygens (including phenoxy) is 1. The highest BCUT2D eigenvalue weighted by Crippen LogP contribution is 2.44. The summed E-state index contributed by atoms with van der Waals surface area (Å²) in [7, 11) is 0. The highest BCUT2D eigenvalue weighted by molar-refractivity contribution is 5.93. The third-order valence-corrected chi connectivity index (χ3v) is 6.02. The lowest BCUT2D eigenvalue weighted by Gasteiger charge is -2.17. The van der Waals surface area contributed by atoms with Gasteiger partial charge in [-0.2, -0.15) is 0 Å². The average Bonchev–Trinajstić information content (AvgIpc) is 3.14. The van der Waals surface area contributed by atoms with Crippen molar-refractivity contribution in [1.29, 1.82) is 0 Å². The minimum Gasteiger partial charge on any atom is -0.481 e. The molecule has 2 aromatic rings. The first-order valence-corrected chi connectivity index (χ1v) is 11.7. The van der Waals surface area contributed by atoms with Crippen LogP contribution in [0.1, 0.15) is 56.6 Å². The van der Waals surface area contributed by atoms with Crippen molar-refractivity contribution in [2.24, 2.45) is 0 Å². The van der Waals surface area contributed by atoms with Gasteiger partial charge in [-0.15, -0.1) is 0 Å². The summed E-state index contributed by atoms with van der Waals surface area (Å²) in [5.74, 6) is -1.30. The van der Waals surface area contributed by atoms with Crippen LogP contribution in [0.4, 0.5) is 4.79 Å². The molecule has 2 aromatic carbocycles. The van der Waals surface area contributed by atoms with E-state index in [2.05, 4.69) is 34.9 Å². The van der Waals surface area contributed by atoms with E-state index >= 15 is 0 Å². The number of carbonyl (C=O) groups excluding carboxylic acids is 2. The first-order valence-electron chi connectivity index (χ1n) is 11.7. The molecule has 0 aromatic heterocycles. The van der Waals surface area contributed by atoms with E-state index in [9.17, 15) is 14.4 Å². The van der Waals surface area contributed by atoms with Crippen LogP contribution in [0.15, 0.2) is 60.2 Å². The molecular formula is C27H32N2O5. The second-order valence-electron chi connectivity index (χ2n) is 8.50. The number of hydrogen-bond donors (Lipinski definition) is 3. The van der Waals surface area contributed by atoms with Gasteiger partial charge in [0.05, 0.1) is 6.42 Å². The topological polar surface area (TPSA) is 105 Å². The Morgan fingerprint density at radius 1 is 1.06 bits per heavy atom. The first-order chi connectivity index (χ1) is 16.4. The molecule has 1 aliphatic rings. The van der Waals surface area contributed by atoms with Crippen LogP contribution in [-0.2, 0) is 14.3 Å². The van der Waals surface area contributed by atoms with Crippen LogP contribution in [0.3, 0.4) is 0 Å². The number of carboxylic acids is 1. The summed E-state index contributed by atoms with van der Waals surface area (Å²) >= 11 is 0. The van der Waals surface area contributed by atoms with Gasteiger partial charge < -0.3 is 20.5 Å². The van der Waals surface area contributed by atoms with Gasteiger partial charge in [0.1, 0.15) is 6.61 Å². The van der Waals surface area contributed by atoms with Crippen molar-refractivity contribution in [3.63, 3.8) is 0 Å². The fraction of sp³-hybridized carbons (Fsp3) is 0.370. The second kappa shape index (κ2) is 12.0. The Labute approximate surface area is 200 Å². The van der Waals surface area contributed by atoms with Crippen molar-refractivity contribution in [3.8, 4) is 11.1 Å². The van der Waals surface area contributed by atoms with E-state index in [0.29, 0.717) is 12.0 Å². The Kier molecular flexibility index (Phi) is 8.85. The molecule has 0 heterocycles. The fourth-order valence-corrected chi connectivity index (χ4v) is 4.22. The fourth-order valence-electron chi connectivity index (χ4n) is 4.22. The van der Waals surface area contributed by atoms with Crippen molar-refractivity contribution in [2.45, 2.75) is 51.5 Å². The molecule has 7 heteroatoms. The summed E-state index contributed by atoms with van der Waals surface area (Å²) in [4.78, 5) is 35.7. The highest BCUT2D eigenvalue weighted by atomic mass is 16.5. The van der Waals surface area contributed by atoms with E-state index in [4.69, 9.17) is 9.84 Å². The van der Waals surface area contributed by atoms with Crippen LogP contribution in [0.5, 0.6) is 0 Å². The number of unbranched alkanes of at least 4 members (excludes halogenated alkanes) is 1. The number of benzene rings is 2. The number of nitrogens with one attached hydrogen (secondary N) is 2. The second-order valence-corrected chi connectivity index (χ2v) is 8.50. The number of rotatable bonds is 11. The molecule has 0 fully saturated rings. The molecular weight excluding hydrogens is 432 g/mol. The van der Waals surface area contributed by atoms with Gasteiger partial charge in [0.15, 0.2) is 0 Å². The number of amides is 2. The number of carboxylic acid groups (broad SMARTS) is 1. The number of aliphatic carboxylic acids is 1. The van der Waals surface area contributed by atoms with E-state index in [1.54, 1.807) is 13.0 Å². The molecule has 0 saturated heterocycles. The van der Waals surface area contributed by atoms with Crippen LogP contribution >= 0.6 is 0 Å². The smallest absolute Gasteiger partial charge is 0.407 e. The van der Waals surface area contributed by atoms with E-state index in [0.717, 1.165) is 35.1 Å². The molecule has 2 amide bonds. The zero-order valence-electron chi connectivity index (χ0n) is 19.7. The molecule has 180 valence electrons. The number of fused-ring (bicyclic) bond motifs is 3. The summed E-state index contributed by atoms with van der Waals surface area (Å²) in [5, 5.41) is 14.5. The largest absolute Gasteiger partial charge is 0.481 e. The standard InChI is InChI=1S/C27H32N2O5/c1-3-4-9-19(16-25(30)31)29-26(32)18(2)14-15-28-27(33)34-17-24-22-12-7-5-10-20(22)21-11-6-8-13-23(21)24/h5-8,10-14,19,24H,3-4,9,15-17H2,1-2H3,(H,28,33)(H,29,32)(H,30,31)/b18-14+. The van der Waals surface area contributed by atoms with Crippen molar-refractivity contribution in [3.05, 3.63) is 71.3 Å². The van der Waals surface area contributed by atoms with E-state index < -0.39 is 18.1 Å². The Bertz CT molecular complexity index is 1020. The van der Waals surface area contributed by atoms with E-state index in [1.807, 2.05) is 31.2 Å². The lowest BCUT2D eigenvalue weighted by atomic mass is 9.98. The third kappa shape index (κ3) is 6.47. The van der Waals surface area contributed by atoms with Crippen molar-refractivity contribution in [2.75, 3.05) is 13.2 Å². The Hall–Kier alpha value is -3.61. The Morgan fingerprint density at radius 2 is 1.68 bits per heavy atom. The summed E-state index contributed by atoms with van der Waals surface area (Å²) in [6.07, 6.45) is 3.29. The van der Waals surface area contributed by atoms with Gasteiger partial charge in [-0.3, -0.25) is 9.59 Å². The van der Waals surface area contributed by atoms with Crippen molar-refractivity contribution in [1.82, 2.24) is 10.6 Å². The SMILES string of the molecule is CCCCC(CC(=O)O)NC(=O)/C(C)=C/CNC(=O)OCC1c2ccccc2-c2ccccc21. The summed E-state index contributed by atoms with van der Waals surface area (Å²) in [5.41, 5.74) is 5.02. The molecule has 0 bridgehead atoms. The quantitative estimate of drug-likeness (QED) is 0.421. The normalized spacial score (nSPS) is 13.5. The summed E-state index contributed by atoms with van der Waals surface area (Å²) < 4.78 is 5.49. The van der Waals surface area contributed by atoms with Crippen LogP contribution in [-0.4, -0.2) is 42.3 Å². The maximum absolute atomic E-state index is 12.4. The van der Waals surface area contributed by atoms with Gasteiger partial charge >= 0.3 is 12.1 Å². The maximum atomic E-state index is 12.4. The minimum atomic E-state index is -0.944. The average molecular weight is 465 g/mol. The molecule has 0 aliphatic heterocycles. The van der Waals surface area contributed by atoms with Crippen LogP contribution in [0, 0.1) is 0 Å². The molecule has 7 nitrogen and oxygen atoms in total. The summed E-state index contributed by atoms with van der Waals surface area (Å²) in [6.45, 7) is 4.00. The number of hydrogen-bond acceptors (Lipinski definition) is 4. The van der Waals surface area contributed by atoms with Crippen LogP contribution in [0.2, 0.25) is 0 Å². The molecule has 1 atom stereocenters. The predicted molar refractivity (Wildman–Crippen MR) is 131 cm³/mol. The van der Waals surface area contributed by atoms with Gasteiger partial charge in [0.25, 0.3) is 0 Å². The van der Waals surface area contributed by atoms with Gasteiger partial charge in [0.2, 0.25) is 5.91 Å². The van der Waals surface area contributed by atoms with E-state index in [1.165, 1.54) is 0 Å². The lowest BCUT2D eigenvalue weighted by molar-refractivity contribution is -0.137. The molecule has 3 rings (SSSR count).